The molecular weight excluding hydrogens is 296 g/mol. The monoisotopic (exact) mass is 309 g/mol. The van der Waals surface area contributed by atoms with Crippen molar-refractivity contribution in [2.24, 2.45) is 0 Å². The number of methoxy groups -OCH3 is 1. The molecule has 0 saturated heterocycles. The van der Waals surface area contributed by atoms with Crippen LogP contribution < -0.4 is 5.32 Å². The van der Waals surface area contributed by atoms with Crippen LogP contribution in [-0.2, 0) is 11.3 Å². The van der Waals surface area contributed by atoms with Crippen molar-refractivity contribution in [3.05, 3.63) is 34.1 Å². The lowest BCUT2D eigenvalue weighted by atomic mass is 10.2. The van der Waals surface area contributed by atoms with Gasteiger partial charge in [-0.2, -0.15) is 0 Å². The molecule has 0 heterocycles. The van der Waals surface area contributed by atoms with Gasteiger partial charge in [0.25, 0.3) is 0 Å². The summed E-state index contributed by atoms with van der Waals surface area (Å²) in [5.74, 6) is -0.252. The van der Waals surface area contributed by atoms with Gasteiger partial charge < -0.3 is 10.1 Å². The van der Waals surface area contributed by atoms with Crippen molar-refractivity contribution in [2.75, 3.05) is 20.3 Å². The molecule has 1 unspecified atom stereocenters. The van der Waals surface area contributed by atoms with Crippen molar-refractivity contribution in [3.63, 3.8) is 0 Å². The lowest BCUT2D eigenvalue weighted by Crippen LogP contribution is -2.25. The van der Waals surface area contributed by atoms with E-state index in [4.69, 9.17) is 16.3 Å². The predicted octanol–water partition coefficient (Wildman–Crippen LogP) is 2.93. The minimum absolute atomic E-state index is 0.0473. The summed E-state index contributed by atoms with van der Waals surface area (Å²) in [6.07, 6.45) is 0. The van der Waals surface area contributed by atoms with E-state index in [1.165, 1.54) is 6.07 Å². The molecule has 0 aromatic heterocycles. The molecule has 0 saturated carbocycles. The van der Waals surface area contributed by atoms with Crippen molar-refractivity contribution in [3.8, 4) is 0 Å². The average molecular weight is 311 g/mol. The standard InChI is InChI=1S/C11H14BrClFNO/c1-16-7-9(13)6-15-5-8-2-3-11(14)10(12)4-8/h2-4,9,15H,5-7H2,1H3. The van der Waals surface area contributed by atoms with Crippen LogP contribution in [0.1, 0.15) is 5.56 Å². The third kappa shape index (κ3) is 4.78. The summed E-state index contributed by atoms with van der Waals surface area (Å²) in [5.41, 5.74) is 1.01. The Labute approximate surface area is 108 Å². The van der Waals surface area contributed by atoms with E-state index in [0.717, 1.165) is 5.56 Å². The van der Waals surface area contributed by atoms with Gasteiger partial charge in [-0.05, 0) is 33.6 Å². The molecule has 0 bridgehead atoms. The molecular formula is C11H14BrClFNO. The molecule has 0 aliphatic rings. The second kappa shape index (κ2) is 7.22. The van der Waals surface area contributed by atoms with Gasteiger partial charge in [-0.15, -0.1) is 11.6 Å². The van der Waals surface area contributed by atoms with Gasteiger partial charge in [0.1, 0.15) is 5.82 Å². The zero-order valence-corrected chi connectivity index (χ0v) is 11.3. The molecule has 1 aromatic rings. The SMILES string of the molecule is COCC(Cl)CNCc1ccc(F)c(Br)c1. The second-order valence-electron chi connectivity index (χ2n) is 3.43. The third-order valence-electron chi connectivity index (χ3n) is 2.03. The zero-order chi connectivity index (χ0) is 12.0. The first-order valence-corrected chi connectivity index (χ1v) is 6.14. The molecule has 1 N–H and O–H groups in total. The Morgan fingerprint density at radius 2 is 2.31 bits per heavy atom. The Morgan fingerprint density at radius 1 is 1.56 bits per heavy atom. The Morgan fingerprint density at radius 3 is 2.94 bits per heavy atom. The van der Waals surface area contributed by atoms with E-state index in [2.05, 4.69) is 21.2 Å². The molecule has 0 aliphatic carbocycles. The minimum atomic E-state index is -0.252. The predicted molar refractivity (Wildman–Crippen MR) is 67.3 cm³/mol. The van der Waals surface area contributed by atoms with E-state index >= 15 is 0 Å². The van der Waals surface area contributed by atoms with Crippen molar-refractivity contribution in [1.29, 1.82) is 0 Å². The fourth-order valence-electron chi connectivity index (χ4n) is 1.26. The van der Waals surface area contributed by atoms with Crippen LogP contribution in [-0.4, -0.2) is 25.6 Å². The van der Waals surface area contributed by atoms with Crippen LogP contribution in [0.25, 0.3) is 0 Å². The maximum absolute atomic E-state index is 12.9. The summed E-state index contributed by atoms with van der Waals surface area (Å²) in [5, 5.41) is 3.13. The van der Waals surface area contributed by atoms with E-state index in [1.807, 2.05) is 0 Å². The van der Waals surface area contributed by atoms with Crippen LogP contribution in [0.15, 0.2) is 22.7 Å². The molecule has 0 amide bonds. The van der Waals surface area contributed by atoms with Crippen LogP contribution in [0.3, 0.4) is 0 Å². The number of alkyl halides is 1. The first-order chi connectivity index (χ1) is 7.63. The van der Waals surface area contributed by atoms with Gasteiger partial charge in [-0.1, -0.05) is 6.07 Å². The molecule has 0 fully saturated rings. The topological polar surface area (TPSA) is 21.3 Å². The molecule has 0 radical (unpaired) electrons. The van der Waals surface area contributed by atoms with Crippen molar-refractivity contribution < 1.29 is 9.13 Å². The van der Waals surface area contributed by atoms with Crippen LogP contribution >= 0.6 is 27.5 Å². The van der Waals surface area contributed by atoms with Gasteiger partial charge in [0.15, 0.2) is 0 Å². The van der Waals surface area contributed by atoms with Crippen LogP contribution in [0, 0.1) is 5.82 Å². The summed E-state index contributed by atoms with van der Waals surface area (Å²) in [6.45, 7) is 1.83. The summed E-state index contributed by atoms with van der Waals surface area (Å²) in [7, 11) is 1.62. The number of nitrogens with one attached hydrogen (secondary N) is 1. The number of rotatable bonds is 6. The lowest BCUT2D eigenvalue weighted by molar-refractivity contribution is 0.197. The van der Waals surface area contributed by atoms with Crippen molar-refractivity contribution in [2.45, 2.75) is 11.9 Å². The van der Waals surface area contributed by atoms with Gasteiger partial charge >= 0.3 is 0 Å². The Balaban J connectivity index is 2.34. The first-order valence-electron chi connectivity index (χ1n) is 4.91. The highest BCUT2D eigenvalue weighted by atomic mass is 79.9. The molecule has 1 aromatic carbocycles. The van der Waals surface area contributed by atoms with Crippen LogP contribution in [0.2, 0.25) is 0 Å². The van der Waals surface area contributed by atoms with Gasteiger partial charge in [0, 0.05) is 20.2 Å². The molecule has 1 atom stereocenters. The molecule has 0 spiro atoms. The summed E-state index contributed by atoms with van der Waals surface area (Å²) < 4.78 is 18.3. The summed E-state index contributed by atoms with van der Waals surface area (Å²) >= 11 is 9.09. The first kappa shape index (κ1) is 13.9. The van der Waals surface area contributed by atoms with Gasteiger partial charge in [0.2, 0.25) is 0 Å². The van der Waals surface area contributed by atoms with E-state index in [9.17, 15) is 4.39 Å². The Bertz CT molecular complexity index is 338. The largest absolute Gasteiger partial charge is 0.383 e. The highest BCUT2D eigenvalue weighted by Crippen LogP contribution is 2.16. The molecule has 5 heteroatoms. The number of benzene rings is 1. The van der Waals surface area contributed by atoms with Crippen molar-refractivity contribution >= 4 is 27.5 Å². The lowest BCUT2D eigenvalue weighted by Gasteiger charge is -2.10. The third-order valence-corrected chi connectivity index (χ3v) is 2.91. The number of hydrogen-bond acceptors (Lipinski definition) is 2. The van der Waals surface area contributed by atoms with Gasteiger partial charge in [0.05, 0.1) is 16.5 Å². The maximum Gasteiger partial charge on any atom is 0.137 e. The van der Waals surface area contributed by atoms with E-state index < -0.39 is 0 Å². The van der Waals surface area contributed by atoms with Crippen molar-refractivity contribution in [1.82, 2.24) is 5.32 Å². The fourth-order valence-corrected chi connectivity index (χ4v) is 1.92. The zero-order valence-electron chi connectivity index (χ0n) is 8.97. The fraction of sp³-hybridized carbons (Fsp3) is 0.455. The number of ether oxygens (including phenoxy) is 1. The molecule has 1 rings (SSSR count). The van der Waals surface area contributed by atoms with E-state index in [1.54, 1.807) is 19.2 Å². The minimum Gasteiger partial charge on any atom is -0.383 e. The van der Waals surface area contributed by atoms with E-state index in [0.29, 0.717) is 24.2 Å². The molecule has 90 valence electrons. The van der Waals surface area contributed by atoms with Gasteiger partial charge in [-0.25, -0.2) is 4.39 Å². The molecule has 16 heavy (non-hydrogen) atoms. The molecule has 2 nitrogen and oxygen atoms in total. The smallest absolute Gasteiger partial charge is 0.137 e. The van der Waals surface area contributed by atoms with Crippen LogP contribution in [0.4, 0.5) is 4.39 Å². The highest BCUT2D eigenvalue weighted by Gasteiger charge is 2.04. The Hall–Kier alpha value is -0.160. The Kier molecular flexibility index (Phi) is 6.28. The number of hydrogen-bond donors (Lipinski definition) is 1. The average Bonchev–Trinajstić information content (AvgIpc) is 2.24. The van der Waals surface area contributed by atoms with E-state index in [-0.39, 0.29) is 11.2 Å². The summed E-state index contributed by atoms with van der Waals surface area (Å²) in [4.78, 5) is 0. The molecule has 0 aliphatic heterocycles. The number of halogens is 3. The maximum atomic E-state index is 12.9. The van der Waals surface area contributed by atoms with Gasteiger partial charge in [-0.3, -0.25) is 0 Å². The highest BCUT2D eigenvalue weighted by molar-refractivity contribution is 9.10. The second-order valence-corrected chi connectivity index (χ2v) is 4.90. The van der Waals surface area contributed by atoms with Crippen LogP contribution in [0.5, 0.6) is 0 Å². The normalized spacial score (nSPS) is 12.8. The quantitative estimate of drug-likeness (QED) is 0.816. The summed E-state index contributed by atoms with van der Waals surface area (Å²) in [6, 6.07) is 4.93.